The van der Waals surface area contributed by atoms with Gasteiger partial charge in [0.2, 0.25) is 5.88 Å². The van der Waals surface area contributed by atoms with Gasteiger partial charge in [-0.3, -0.25) is 0 Å². The SMILES string of the molecule is CC(F)(F)Oc1ccccn1. The number of aromatic nitrogens is 1. The fourth-order valence-corrected chi connectivity index (χ4v) is 0.591. The Hall–Kier alpha value is -1.19. The predicted molar refractivity (Wildman–Crippen MR) is 35.5 cm³/mol. The molecular formula is C7H7F2NO. The van der Waals surface area contributed by atoms with Gasteiger partial charge in [0, 0.05) is 19.2 Å². The van der Waals surface area contributed by atoms with Gasteiger partial charge < -0.3 is 4.74 Å². The van der Waals surface area contributed by atoms with Crippen molar-refractivity contribution in [3.8, 4) is 5.88 Å². The minimum atomic E-state index is -3.16. The van der Waals surface area contributed by atoms with Crippen molar-refractivity contribution < 1.29 is 13.5 Å². The number of halogens is 2. The number of pyridine rings is 1. The Bertz CT molecular complexity index is 220. The average molecular weight is 159 g/mol. The smallest absolute Gasteiger partial charge is 0.396 e. The zero-order chi connectivity index (χ0) is 8.32. The zero-order valence-corrected chi connectivity index (χ0v) is 5.92. The fourth-order valence-electron chi connectivity index (χ4n) is 0.591. The van der Waals surface area contributed by atoms with Crippen LogP contribution in [0.2, 0.25) is 0 Å². The number of hydrogen-bond acceptors (Lipinski definition) is 2. The lowest BCUT2D eigenvalue weighted by molar-refractivity contribution is -0.161. The number of hydrogen-bond donors (Lipinski definition) is 0. The van der Waals surface area contributed by atoms with E-state index in [1.807, 2.05) is 0 Å². The molecule has 0 bridgehead atoms. The van der Waals surface area contributed by atoms with E-state index in [0.717, 1.165) is 0 Å². The summed E-state index contributed by atoms with van der Waals surface area (Å²) in [6.45, 7) is 0.668. The molecule has 1 aromatic rings. The second kappa shape index (κ2) is 2.82. The molecule has 0 saturated heterocycles. The van der Waals surface area contributed by atoms with Gasteiger partial charge in [-0.1, -0.05) is 6.07 Å². The highest BCUT2D eigenvalue weighted by Crippen LogP contribution is 2.17. The monoisotopic (exact) mass is 159 g/mol. The zero-order valence-electron chi connectivity index (χ0n) is 5.92. The van der Waals surface area contributed by atoms with E-state index in [0.29, 0.717) is 6.92 Å². The summed E-state index contributed by atoms with van der Waals surface area (Å²) in [5.41, 5.74) is 0. The Morgan fingerprint density at radius 2 is 2.18 bits per heavy atom. The van der Waals surface area contributed by atoms with Crippen LogP contribution in [-0.4, -0.2) is 11.1 Å². The summed E-state index contributed by atoms with van der Waals surface area (Å²) in [5.74, 6) is -0.0694. The van der Waals surface area contributed by atoms with Gasteiger partial charge in [0.05, 0.1) is 0 Å². The van der Waals surface area contributed by atoms with Crippen molar-refractivity contribution in [2.24, 2.45) is 0 Å². The first-order valence-corrected chi connectivity index (χ1v) is 3.06. The Balaban J connectivity index is 2.66. The van der Waals surface area contributed by atoms with Crippen molar-refractivity contribution in [3.05, 3.63) is 24.4 Å². The molecule has 2 nitrogen and oxygen atoms in total. The maximum Gasteiger partial charge on any atom is 0.396 e. The topological polar surface area (TPSA) is 22.1 Å². The molecular weight excluding hydrogens is 152 g/mol. The van der Waals surface area contributed by atoms with E-state index in [2.05, 4.69) is 9.72 Å². The Labute approximate surface area is 62.8 Å². The summed E-state index contributed by atoms with van der Waals surface area (Å²) in [6.07, 6.45) is -1.77. The molecule has 0 atom stereocenters. The van der Waals surface area contributed by atoms with Crippen molar-refractivity contribution in [1.29, 1.82) is 0 Å². The van der Waals surface area contributed by atoms with Gasteiger partial charge in [-0.15, -0.1) is 0 Å². The lowest BCUT2D eigenvalue weighted by atomic mass is 10.5. The summed E-state index contributed by atoms with van der Waals surface area (Å²) in [7, 11) is 0. The first-order valence-electron chi connectivity index (χ1n) is 3.06. The van der Waals surface area contributed by atoms with Crippen LogP contribution in [-0.2, 0) is 0 Å². The van der Waals surface area contributed by atoms with Crippen molar-refractivity contribution in [2.45, 2.75) is 13.0 Å². The van der Waals surface area contributed by atoms with Crippen LogP contribution in [0.3, 0.4) is 0 Å². The molecule has 0 aliphatic carbocycles. The molecule has 0 saturated carbocycles. The summed E-state index contributed by atoms with van der Waals surface area (Å²) >= 11 is 0. The lowest BCUT2D eigenvalue weighted by Crippen LogP contribution is -2.19. The van der Waals surface area contributed by atoms with Crippen LogP contribution in [0.5, 0.6) is 5.88 Å². The van der Waals surface area contributed by atoms with E-state index in [4.69, 9.17) is 0 Å². The van der Waals surface area contributed by atoms with Crippen LogP contribution < -0.4 is 4.74 Å². The van der Waals surface area contributed by atoms with E-state index >= 15 is 0 Å². The fraction of sp³-hybridized carbons (Fsp3) is 0.286. The predicted octanol–water partition coefficient (Wildman–Crippen LogP) is 2.07. The summed E-state index contributed by atoms with van der Waals surface area (Å²) in [6, 6.07) is 4.58. The van der Waals surface area contributed by atoms with Crippen LogP contribution in [0, 0.1) is 0 Å². The normalized spacial score (nSPS) is 11.2. The quantitative estimate of drug-likeness (QED) is 0.659. The third kappa shape index (κ3) is 2.93. The third-order valence-corrected chi connectivity index (χ3v) is 0.922. The minimum Gasteiger partial charge on any atom is -0.415 e. The molecule has 60 valence electrons. The van der Waals surface area contributed by atoms with Crippen LogP contribution in [0.15, 0.2) is 24.4 Å². The summed E-state index contributed by atoms with van der Waals surface area (Å²) < 4.78 is 28.4. The first kappa shape index (κ1) is 7.91. The molecule has 0 radical (unpaired) electrons. The average Bonchev–Trinajstić information content (AvgIpc) is 1.85. The van der Waals surface area contributed by atoms with Gasteiger partial charge in [-0.05, 0) is 6.07 Å². The second-order valence-electron chi connectivity index (χ2n) is 2.08. The molecule has 0 unspecified atom stereocenters. The number of ether oxygens (including phenoxy) is 1. The summed E-state index contributed by atoms with van der Waals surface area (Å²) in [5, 5.41) is 0. The Morgan fingerprint density at radius 3 is 2.64 bits per heavy atom. The van der Waals surface area contributed by atoms with Crippen LogP contribution in [0.1, 0.15) is 6.92 Å². The second-order valence-corrected chi connectivity index (χ2v) is 2.08. The Kier molecular flexibility index (Phi) is 2.03. The third-order valence-electron chi connectivity index (χ3n) is 0.922. The van der Waals surface area contributed by atoms with Crippen LogP contribution >= 0.6 is 0 Å². The van der Waals surface area contributed by atoms with Crippen molar-refractivity contribution >= 4 is 0 Å². The molecule has 11 heavy (non-hydrogen) atoms. The Morgan fingerprint density at radius 1 is 1.45 bits per heavy atom. The van der Waals surface area contributed by atoms with Gasteiger partial charge in [0.1, 0.15) is 0 Å². The van der Waals surface area contributed by atoms with E-state index < -0.39 is 6.11 Å². The number of nitrogens with zero attached hydrogens (tertiary/aromatic N) is 1. The van der Waals surface area contributed by atoms with E-state index in [-0.39, 0.29) is 5.88 Å². The molecule has 0 aliphatic heterocycles. The standard InChI is InChI=1S/C7H7F2NO/c1-7(8,9)11-6-4-2-3-5-10-6/h2-5H,1H3. The molecule has 0 spiro atoms. The molecule has 0 fully saturated rings. The van der Waals surface area contributed by atoms with Crippen molar-refractivity contribution in [3.63, 3.8) is 0 Å². The summed E-state index contributed by atoms with van der Waals surface area (Å²) in [4.78, 5) is 3.56. The van der Waals surface area contributed by atoms with Gasteiger partial charge >= 0.3 is 6.11 Å². The highest BCUT2D eigenvalue weighted by molar-refractivity contribution is 5.09. The van der Waals surface area contributed by atoms with Crippen LogP contribution in [0.4, 0.5) is 8.78 Å². The maximum atomic E-state index is 12.1. The van der Waals surface area contributed by atoms with Crippen molar-refractivity contribution in [1.82, 2.24) is 4.98 Å². The van der Waals surface area contributed by atoms with Crippen LogP contribution in [0.25, 0.3) is 0 Å². The molecule has 1 rings (SSSR count). The highest BCUT2D eigenvalue weighted by Gasteiger charge is 2.23. The number of alkyl halides is 2. The van der Waals surface area contributed by atoms with E-state index in [9.17, 15) is 8.78 Å². The van der Waals surface area contributed by atoms with Gasteiger partial charge in [0.25, 0.3) is 0 Å². The molecule has 0 aliphatic rings. The number of rotatable bonds is 2. The highest BCUT2D eigenvalue weighted by atomic mass is 19.3. The van der Waals surface area contributed by atoms with Gasteiger partial charge in [-0.25, -0.2) is 4.98 Å². The molecule has 1 heterocycles. The molecule has 0 amide bonds. The van der Waals surface area contributed by atoms with E-state index in [1.165, 1.54) is 12.3 Å². The van der Waals surface area contributed by atoms with Gasteiger partial charge in [0.15, 0.2) is 0 Å². The van der Waals surface area contributed by atoms with E-state index in [1.54, 1.807) is 12.1 Å². The molecule has 0 N–H and O–H groups in total. The molecule has 1 aromatic heterocycles. The van der Waals surface area contributed by atoms with Gasteiger partial charge in [-0.2, -0.15) is 8.78 Å². The van der Waals surface area contributed by atoms with Crippen molar-refractivity contribution in [2.75, 3.05) is 0 Å². The minimum absolute atomic E-state index is 0.0694. The first-order chi connectivity index (χ1) is 5.08. The maximum absolute atomic E-state index is 12.1. The molecule has 0 aromatic carbocycles. The lowest BCUT2D eigenvalue weighted by Gasteiger charge is -2.10. The molecule has 4 heteroatoms. The largest absolute Gasteiger partial charge is 0.415 e.